The average molecular weight is 621 g/mol. The Bertz CT molecular complexity index is 1500. The van der Waals surface area contributed by atoms with Crippen molar-refractivity contribution in [3.63, 3.8) is 0 Å². The largest absolute Gasteiger partial charge is 0.301 e. The van der Waals surface area contributed by atoms with E-state index in [0.717, 1.165) is 27.5 Å². The molecule has 0 aliphatic rings. The van der Waals surface area contributed by atoms with E-state index < -0.39 is 0 Å². The minimum absolute atomic E-state index is 0. The molecule has 5 heteroatoms. The van der Waals surface area contributed by atoms with Gasteiger partial charge in [0.15, 0.2) is 0 Å². The zero-order chi connectivity index (χ0) is 22.8. The Morgan fingerprint density at radius 2 is 1.50 bits per heavy atom. The van der Waals surface area contributed by atoms with Gasteiger partial charge in [-0.05, 0) is 22.6 Å². The van der Waals surface area contributed by atoms with Crippen LogP contribution in [0.2, 0.25) is 0 Å². The Morgan fingerprint density at radius 3 is 2.18 bits per heavy atom. The van der Waals surface area contributed by atoms with Crippen LogP contribution < -0.4 is 0 Å². The Balaban J connectivity index is 0.000000193. The Labute approximate surface area is 213 Å². The van der Waals surface area contributed by atoms with Gasteiger partial charge in [-0.1, -0.05) is 55.8 Å². The van der Waals surface area contributed by atoms with Crippen LogP contribution >= 0.6 is 0 Å². The molecule has 2 aromatic heterocycles. The van der Waals surface area contributed by atoms with Crippen LogP contribution in [0.3, 0.4) is 0 Å². The number of nitrogens with zero attached hydrogens (tertiary/aromatic N) is 4. The summed E-state index contributed by atoms with van der Waals surface area (Å²) in [5.41, 5.74) is 4.23. The molecule has 1 radical (unpaired) electrons. The molecule has 0 saturated carbocycles. The molecule has 4 nitrogen and oxygen atoms in total. The SMILES string of the molecule is CC(C)(C)c1c[c-]c2c(c1)c1ccccc1c1nccnc21.[Ir].[c-]1ccccc1-n1cccn1. The van der Waals surface area contributed by atoms with Crippen LogP contribution in [0, 0.1) is 12.1 Å². The monoisotopic (exact) mass is 621 g/mol. The third-order valence-corrected chi connectivity index (χ3v) is 5.66. The van der Waals surface area contributed by atoms with Crippen molar-refractivity contribution in [3.05, 3.63) is 109 Å². The second-order valence-electron chi connectivity index (χ2n) is 8.92. The molecule has 6 rings (SSSR count). The second-order valence-corrected chi connectivity index (χ2v) is 8.92. The van der Waals surface area contributed by atoms with Crippen molar-refractivity contribution in [2.24, 2.45) is 0 Å². The van der Waals surface area contributed by atoms with Crippen molar-refractivity contribution in [2.75, 3.05) is 0 Å². The van der Waals surface area contributed by atoms with E-state index in [-0.39, 0.29) is 25.5 Å². The van der Waals surface area contributed by atoms with E-state index in [1.54, 1.807) is 23.3 Å². The topological polar surface area (TPSA) is 43.6 Å². The summed E-state index contributed by atoms with van der Waals surface area (Å²) < 4.78 is 1.78. The number of para-hydroxylation sites is 1. The van der Waals surface area contributed by atoms with Gasteiger partial charge >= 0.3 is 0 Å². The van der Waals surface area contributed by atoms with E-state index in [4.69, 9.17) is 0 Å². The fourth-order valence-corrected chi connectivity index (χ4v) is 3.92. The van der Waals surface area contributed by atoms with Gasteiger partial charge in [-0.15, -0.1) is 35.2 Å². The van der Waals surface area contributed by atoms with Crippen molar-refractivity contribution >= 4 is 32.6 Å². The summed E-state index contributed by atoms with van der Waals surface area (Å²) in [6.45, 7) is 6.68. The van der Waals surface area contributed by atoms with Crippen LogP contribution in [0.25, 0.3) is 38.3 Å². The van der Waals surface area contributed by atoms with Crippen LogP contribution in [-0.4, -0.2) is 19.7 Å². The van der Waals surface area contributed by atoms with E-state index in [1.807, 2.05) is 36.5 Å². The minimum Gasteiger partial charge on any atom is -0.301 e. The maximum atomic E-state index is 4.56. The molecule has 0 atom stereocenters. The van der Waals surface area contributed by atoms with Crippen molar-refractivity contribution < 1.29 is 20.1 Å². The first-order valence-corrected chi connectivity index (χ1v) is 11.0. The molecular formula is C29H24IrN4-2. The number of benzene rings is 4. The van der Waals surface area contributed by atoms with E-state index in [2.05, 4.69) is 84.4 Å². The van der Waals surface area contributed by atoms with Crippen molar-refractivity contribution in [1.82, 2.24) is 19.7 Å². The predicted molar refractivity (Wildman–Crippen MR) is 134 cm³/mol. The van der Waals surface area contributed by atoms with Crippen molar-refractivity contribution in [2.45, 2.75) is 26.2 Å². The molecule has 6 aromatic rings. The molecule has 0 saturated heterocycles. The molecule has 0 unspecified atom stereocenters. The van der Waals surface area contributed by atoms with Crippen LogP contribution in [0.5, 0.6) is 0 Å². The zero-order valence-corrected chi connectivity index (χ0v) is 21.7. The quantitative estimate of drug-likeness (QED) is 0.152. The molecular weight excluding hydrogens is 597 g/mol. The van der Waals surface area contributed by atoms with Crippen LogP contribution in [0.1, 0.15) is 26.3 Å². The van der Waals surface area contributed by atoms with Gasteiger partial charge in [0, 0.05) is 50.4 Å². The van der Waals surface area contributed by atoms with Crippen molar-refractivity contribution in [3.8, 4) is 5.69 Å². The first kappa shape index (κ1) is 23.7. The summed E-state index contributed by atoms with van der Waals surface area (Å²) in [5.74, 6) is 0. The molecule has 171 valence electrons. The first-order valence-electron chi connectivity index (χ1n) is 11.0. The molecule has 0 amide bonds. The zero-order valence-electron chi connectivity index (χ0n) is 19.3. The molecule has 0 aliphatic heterocycles. The third-order valence-electron chi connectivity index (χ3n) is 5.66. The number of hydrogen-bond donors (Lipinski definition) is 0. The maximum absolute atomic E-state index is 4.56. The van der Waals surface area contributed by atoms with Crippen LogP contribution in [0.4, 0.5) is 0 Å². The fourth-order valence-electron chi connectivity index (χ4n) is 3.92. The van der Waals surface area contributed by atoms with Gasteiger partial charge in [-0.2, -0.15) is 29.4 Å². The third kappa shape index (κ3) is 4.63. The fraction of sp³-hybridized carbons (Fsp3) is 0.138. The average Bonchev–Trinajstić information content (AvgIpc) is 3.40. The molecule has 4 aromatic carbocycles. The Kier molecular flexibility index (Phi) is 6.87. The van der Waals surface area contributed by atoms with Crippen LogP contribution in [-0.2, 0) is 25.5 Å². The second kappa shape index (κ2) is 9.84. The molecule has 0 bridgehead atoms. The van der Waals surface area contributed by atoms with Gasteiger partial charge in [-0.3, -0.25) is 9.67 Å². The molecule has 0 aliphatic carbocycles. The summed E-state index contributed by atoms with van der Waals surface area (Å²) in [4.78, 5) is 9.11. The summed E-state index contributed by atoms with van der Waals surface area (Å²) in [7, 11) is 0. The summed E-state index contributed by atoms with van der Waals surface area (Å²) in [5, 5.41) is 8.69. The van der Waals surface area contributed by atoms with Gasteiger partial charge in [-0.25, -0.2) is 0 Å². The van der Waals surface area contributed by atoms with Gasteiger partial charge < -0.3 is 4.98 Å². The number of fused-ring (bicyclic) bond motifs is 6. The molecule has 34 heavy (non-hydrogen) atoms. The van der Waals surface area contributed by atoms with Gasteiger partial charge in [0.2, 0.25) is 0 Å². The smallest absolute Gasteiger partial charge is 0.0545 e. The normalized spacial score (nSPS) is 11.1. The van der Waals surface area contributed by atoms with E-state index >= 15 is 0 Å². The first-order chi connectivity index (χ1) is 16.0. The number of aromatic nitrogens is 4. The van der Waals surface area contributed by atoms with Gasteiger partial charge in [0.25, 0.3) is 0 Å². The van der Waals surface area contributed by atoms with Gasteiger partial charge in [0.1, 0.15) is 0 Å². The Hall–Kier alpha value is -3.40. The summed E-state index contributed by atoms with van der Waals surface area (Å²) >= 11 is 0. The number of rotatable bonds is 1. The van der Waals surface area contributed by atoms with E-state index in [1.165, 1.54) is 16.3 Å². The van der Waals surface area contributed by atoms with Crippen molar-refractivity contribution in [1.29, 1.82) is 0 Å². The number of hydrogen-bond acceptors (Lipinski definition) is 3. The van der Waals surface area contributed by atoms with E-state index in [9.17, 15) is 0 Å². The minimum atomic E-state index is 0. The molecule has 2 heterocycles. The Morgan fingerprint density at radius 1 is 0.765 bits per heavy atom. The standard InChI is InChI=1S/C20H17N2.C9H7N2.Ir/c1-20(2,3)13-8-9-16-17(12-13)14-6-4-5-7-15(14)18-19(16)22-11-10-21-18;1-2-5-9(6-3-1)11-8-4-7-10-11;/h4-8,10-12H,1-3H3;1-5,7-8H;/q2*-1;. The summed E-state index contributed by atoms with van der Waals surface area (Å²) in [6.07, 6.45) is 7.15. The summed E-state index contributed by atoms with van der Waals surface area (Å²) in [6, 6.07) is 28.9. The van der Waals surface area contributed by atoms with E-state index in [0.29, 0.717) is 0 Å². The van der Waals surface area contributed by atoms with Gasteiger partial charge in [0.05, 0.1) is 5.52 Å². The molecule has 0 spiro atoms. The molecule has 0 N–H and O–H groups in total. The maximum Gasteiger partial charge on any atom is 0.0545 e. The van der Waals surface area contributed by atoms with Crippen LogP contribution in [0.15, 0.2) is 91.5 Å². The molecule has 0 fully saturated rings. The predicted octanol–water partition coefficient (Wildman–Crippen LogP) is 6.70.